The first-order valence-electron chi connectivity index (χ1n) is 10.0. The van der Waals surface area contributed by atoms with E-state index in [4.69, 9.17) is 5.11 Å². The van der Waals surface area contributed by atoms with Gasteiger partial charge in [0.05, 0.1) is 0 Å². The molecular formula is C23H27N3O2. The number of carbonyl (C=O) groups is 1. The predicted molar refractivity (Wildman–Crippen MR) is 112 cm³/mol. The summed E-state index contributed by atoms with van der Waals surface area (Å²) >= 11 is 0. The number of piperidine rings is 1. The van der Waals surface area contributed by atoms with Gasteiger partial charge in [0.25, 0.3) is 5.91 Å². The van der Waals surface area contributed by atoms with Crippen LogP contribution in [0.3, 0.4) is 0 Å². The lowest BCUT2D eigenvalue weighted by Crippen LogP contribution is -2.36. The van der Waals surface area contributed by atoms with E-state index in [1.54, 1.807) is 0 Å². The van der Waals surface area contributed by atoms with E-state index in [1.165, 1.54) is 0 Å². The summed E-state index contributed by atoms with van der Waals surface area (Å²) in [7, 11) is 0. The first-order chi connectivity index (χ1) is 13.7. The zero-order chi connectivity index (χ0) is 19.3. The molecule has 1 aliphatic rings. The van der Waals surface area contributed by atoms with E-state index in [0.717, 1.165) is 60.1 Å². The fourth-order valence-electron chi connectivity index (χ4n) is 3.84. The van der Waals surface area contributed by atoms with Crippen molar-refractivity contribution >= 4 is 16.8 Å². The molecule has 1 saturated heterocycles. The lowest BCUT2D eigenvalue weighted by Gasteiger charge is -2.22. The SMILES string of the molecule is O=C(NCC1CCNCC1)c1cc2ccc(-c3ccc(CCO)cc3)cc2[nH]1. The summed E-state index contributed by atoms with van der Waals surface area (Å²) in [4.78, 5) is 15.8. The van der Waals surface area contributed by atoms with E-state index in [9.17, 15) is 4.79 Å². The van der Waals surface area contributed by atoms with Crippen LogP contribution in [-0.2, 0) is 6.42 Å². The molecule has 28 heavy (non-hydrogen) atoms. The van der Waals surface area contributed by atoms with Gasteiger partial charge in [-0.2, -0.15) is 0 Å². The van der Waals surface area contributed by atoms with Crippen LogP contribution in [0.2, 0.25) is 0 Å². The first kappa shape index (κ1) is 18.7. The second kappa shape index (κ2) is 8.59. The van der Waals surface area contributed by atoms with Gasteiger partial charge < -0.3 is 20.7 Å². The maximum absolute atomic E-state index is 12.5. The van der Waals surface area contributed by atoms with Crippen LogP contribution in [0.25, 0.3) is 22.0 Å². The Morgan fingerprint density at radius 1 is 1.04 bits per heavy atom. The van der Waals surface area contributed by atoms with Gasteiger partial charge in [0, 0.05) is 24.1 Å². The second-order valence-corrected chi connectivity index (χ2v) is 7.56. The summed E-state index contributed by atoms with van der Waals surface area (Å²) in [6.45, 7) is 2.98. The van der Waals surface area contributed by atoms with E-state index in [1.807, 2.05) is 24.3 Å². The predicted octanol–water partition coefficient (Wildman–Crippen LogP) is 3.10. The average Bonchev–Trinajstić information content (AvgIpc) is 3.17. The minimum absolute atomic E-state index is 0.0374. The smallest absolute Gasteiger partial charge is 0.267 e. The summed E-state index contributed by atoms with van der Waals surface area (Å²) in [6, 6.07) is 16.4. The maximum atomic E-state index is 12.5. The third-order valence-electron chi connectivity index (χ3n) is 5.56. The monoisotopic (exact) mass is 377 g/mol. The van der Waals surface area contributed by atoms with E-state index < -0.39 is 0 Å². The van der Waals surface area contributed by atoms with Crippen LogP contribution in [0.1, 0.15) is 28.9 Å². The molecule has 2 aromatic carbocycles. The number of rotatable bonds is 6. The van der Waals surface area contributed by atoms with Crippen LogP contribution in [0, 0.1) is 5.92 Å². The normalized spacial score (nSPS) is 15.0. The van der Waals surface area contributed by atoms with Gasteiger partial charge in [-0.25, -0.2) is 0 Å². The number of fused-ring (bicyclic) bond motifs is 1. The molecule has 3 aromatic rings. The van der Waals surface area contributed by atoms with Crippen molar-refractivity contribution in [1.82, 2.24) is 15.6 Å². The Kier molecular flexibility index (Phi) is 5.74. The third kappa shape index (κ3) is 4.26. The topological polar surface area (TPSA) is 77.2 Å². The largest absolute Gasteiger partial charge is 0.396 e. The van der Waals surface area contributed by atoms with Gasteiger partial charge in [0.15, 0.2) is 0 Å². The van der Waals surface area contributed by atoms with Crippen molar-refractivity contribution in [2.45, 2.75) is 19.3 Å². The number of carbonyl (C=O) groups excluding carboxylic acids is 1. The lowest BCUT2D eigenvalue weighted by atomic mass is 9.98. The molecule has 0 spiro atoms. The molecule has 0 bridgehead atoms. The molecule has 4 N–H and O–H groups in total. The number of nitrogens with one attached hydrogen (secondary N) is 3. The zero-order valence-electron chi connectivity index (χ0n) is 16.0. The quantitative estimate of drug-likeness (QED) is 0.533. The Labute approximate surface area is 165 Å². The highest BCUT2D eigenvalue weighted by Gasteiger charge is 2.15. The van der Waals surface area contributed by atoms with Gasteiger partial charge in [-0.05, 0) is 67.1 Å². The van der Waals surface area contributed by atoms with Crippen molar-refractivity contribution < 1.29 is 9.90 Å². The molecule has 0 radical (unpaired) electrons. The Morgan fingerprint density at radius 3 is 2.54 bits per heavy atom. The Morgan fingerprint density at radius 2 is 1.79 bits per heavy atom. The molecule has 0 saturated carbocycles. The number of hydrogen-bond acceptors (Lipinski definition) is 3. The number of aliphatic hydroxyl groups excluding tert-OH is 1. The summed E-state index contributed by atoms with van der Waals surface area (Å²) in [6.07, 6.45) is 2.91. The number of hydrogen-bond donors (Lipinski definition) is 4. The first-order valence-corrected chi connectivity index (χ1v) is 10.0. The Hall–Kier alpha value is -2.63. The van der Waals surface area contributed by atoms with E-state index in [2.05, 4.69) is 39.9 Å². The zero-order valence-corrected chi connectivity index (χ0v) is 16.0. The molecule has 0 atom stereocenters. The summed E-state index contributed by atoms with van der Waals surface area (Å²) in [5, 5.41) is 16.5. The van der Waals surface area contributed by atoms with Crippen LogP contribution in [0.4, 0.5) is 0 Å². The molecule has 5 nitrogen and oxygen atoms in total. The van der Waals surface area contributed by atoms with Crippen LogP contribution in [0.5, 0.6) is 0 Å². The van der Waals surface area contributed by atoms with E-state index in [-0.39, 0.29) is 12.5 Å². The molecule has 1 amide bonds. The number of aromatic amines is 1. The Bertz CT molecular complexity index is 940. The maximum Gasteiger partial charge on any atom is 0.267 e. The average molecular weight is 377 g/mol. The van der Waals surface area contributed by atoms with Crippen LogP contribution >= 0.6 is 0 Å². The fourth-order valence-corrected chi connectivity index (χ4v) is 3.84. The van der Waals surface area contributed by atoms with Crippen molar-refractivity contribution in [3.63, 3.8) is 0 Å². The molecule has 2 heterocycles. The van der Waals surface area contributed by atoms with Crippen molar-refractivity contribution in [2.24, 2.45) is 5.92 Å². The molecule has 5 heteroatoms. The molecule has 1 aromatic heterocycles. The number of benzene rings is 2. The molecular weight excluding hydrogens is 350 g/mol. The van der Waals surface area contributed by atoms with Crippen molar-refractivity contribution in [2.75, 3.05) is 26.2 Å². The van der Waals surface area contributed by atoms with Gasteiger partial charge >= 0.3 is 0 Å². The van der Waals surface area contributed by atoms with Gasteiger partial charge in [-0.1, -0.05) is 36.4 Å². The molecule has 146 valence electrons. The Balaban J connectivity index is 1.47. The molecule has 0 unspecified atom stereocenters. The molecule has 1 fully saturated rings. The van der Waals surface area contributed by atoms with Gasteiger partial charge in [0.1, 0.15) is 5.69 Å². The van der Waals surface area contributed by atoms with Crippen molar-refractivity contribution in [3.8, 4) is 11.1 Å². The van der Waals surface area contributed by atoms with E-state index in [0.29, 0.717) is 18.0 Å². The highest BCUT2D eigenvalue weighted by Crippen LogP contribution is 2.25. The lowest BCUT2D eigenvalue weighted by molar-refractivity contribution is 0.0940. The molecule has 1 aliphatic heterocycles. The molecule has 0 aliphatic carbocycles. The summed E-state index contributed by atoms with van der Waals surface area (Å²) in [5.74, 6) is 0.527. The van der Waals surface area contributed by atoms with Crippen molar-refractivity contribution in [1.29, 1.82) is 0 Å². The summed E-state index contributed by atoms with van der Waals surface area (Å²) in [5.41, 5.74) is 4.92. The third-order valence-corrected chi connectivity index (χ3v) is 5.56. The summed E-state index contributed by atoms with van der Waals surface area (Å²) < 4.78 is 0. The number of aromatic nitrogens is 1. The van der Waals surface area contributed by atoms with Crippen LogP contribution < -0.4 is 10.6 Å². The van der Waals surface area contributed by atoms with Gasteiger partial charge in [0.2, 0.25) is 0 Å². The number of aliphatic hydroxyl groups is 1. The highest BCUT2D eigenvalue weighted by atomic mass is 16.3. The minimum atomic E-state index is -0.0374. The van der Waals surface area contributed by atoms with Gasteiger partial charge in [-0.15, -0.1) is 0 Å². The van der Waals surface area contributed by atoms with Gasteiger partial charge in [-0.3, -0.25) is 4.79 Å². The van der Waals surface area contributed by atoms with Crippen molar-refractivity contribution in [3.05, 3.63) is 59.8 Å². The highest BCUT2D eigenvalue weighted by molar-refractivity contribution is 5.98. The van der Waals surface area contributed by atoms with Crippen LogP contribution in [0.15, 0.2) is 48.5 Å². The number of H-pyrrole nitrogens is 1. The van der Waals surface area contributed by atoms with Crippen LogP contribution in [-0.4, -0.2) is 42.2 Å². The standard InChI is InChI=1S/C23H27N3O2/c27-12-9-16-1-3-18(4-2-16)19-5-6-20-14-22(26-21(20)13-19)23(28)25-15-17-7-10-24-11-8-17/h1-6,13-14,17,24,26-27H,7-12,15H2,(H,25,28). The second-order valence-electron chi connectivity index (χ2n) is 7.56. The minimum Gasteiger partial charge on any atom is -0.396 e. The fraction of sp³-hybridized carbons (Fsp3) is 0.348. The van der Waals surface area contributed by atoms with E-state index >= 15 is 0 Å². The molecule has 4 rings (SSSR count). The number of amides is 1.